The number of carbonyl (C=O) groups is 3. The molecule has 2 aromatic rings. The van der Waals surface area contributed by atoms with E-state index in [1.165, 1.54) is 17.9 Å². The second-order valence-corrected chi connectivity index (χ2v) is 6.67. The number of anilines is 1. The predicted molar refractivity (Wildman–Crippen MR) is 103 cm³/mol. The van der Waals surface area contributed by atoms with Gasteiger partial charge in [-0.25, -0.2) is 8.78 Å². The fourth-order valence-electron chi connectivity index (χ4n) is 3.03. The van der Waals surface area contributed by atoms with Gasteiger partial charge < -0.3 is 19.7 Å². The van der Waals surface area contributed by atoms with E-state index in [1.54, 1.807) is 24.3 Å². The molecule has 1 atom stereocenters. The number of halogens is 2. The van der Waals surface area contributed by atoms with E-state index in [9.17, 15) is 23.2 Å². The highest BCUT2D eigenvalue weighted by molar-refractivity contribution is 5.98. The molecule has 158 valence electrons. The molecule has 1 N–H and O–H groups in total. The summed E-state index contributed by atoms with van der Waals surface area (Å²) in [5.41, 5.74) is 0.676. The van der Waals surface area contributed by atoms with Gasteiger partial charge in [0.25, 0.3) is 11.8 Å². The molecule has 1 aliphatic heterocycles. The van der Waals surface area contributed by atoms with E-state index in [0.717, 1.165) is 12.1 Å². The minimum atomic E-state index is -0.782. The fourth-order valence-corrected chi connectivity index (χ4v) is 3.03. The standard InChI is InChI=1S/C21H20F2N2O5/c1-13(15-7-6-14(22)10-16(15)23)24-19(26)11-30-21(28)8-9-25-17-4-2-3-5-18(17)29-12-20(25)27/h2-7,10,13H,8-9,11-12H2,1H3,(H,24,26)/t13-/m1/s1. The molecule has 2 amide bonds. The van der Waals surface area contributed by atoms with Gasteiger partial charge in [-0.1, -0.05) is 18.2 Å². The Morgan fingerprint density at radius 1 is 1.23 bits per heavy atom. The summed E-state index contributed by atoms with van der Waals surface area (Å²) in [5, 5.41) is 2.48. The molecule has 2 aromatic carbocycles. The number of benzene rings is 2. The van der Waals surface area contributed by atoms with Crippen molar-refractivity contribution < 1.29 is 32.6 Å². The first-order valence-electron chi connectivity index (χ1n) is 9.27. The number of amides is 2. The first-order chi connectivity index (χ1) is 14.3. The molecule has 0 radical (unpaired) electrons. The van der Waals surface area contributed by atoms with Gasteiger partial charge >= 0.3 is 5.97 Å². The molecule has 1 heterocycles. The second-order valence-electron chi connectivity index (χ2n) is 6.67. The average molecular weight is 418 g/mol. The molecule has 9 heteroatoms. The highest BCUT2D eigenvalue weighted by atomic mass is 19.1. The van der Waals surface area contributed by atoms with Crippen LogP contribution < -0.4 is 15.0 Å². The van der Waals surface area contributed by atoms with Crippen molar-refractivity contribution in [3.8, 4) is 5.75 Å². The summed E-state index contributed by atoms with van der Waals surface area (Å²) in [4.78, 5) is 37.4. The lowest BCUT2D eigenvalue weighted by Crippen LogP contribution is -2.40. The van der Waals surface area contributed by atoms with Crippen LogP contribution in [0, 0.1) is 11.6 Å². The van der Waals surface area contributed by atoms with Gasteiger partial charge in [0.05, 0.1) is 18.2 Å². The van der Waals surface area contributed by atoms with E-state index in [1.807, 2.05) is 0 Å². The number of esters is 1. The number of nitrogens with zero attached hydrogens (tertiary/aromatic N) is 1. The third-order valence-corrected chi connectivity index (χ3v) is 4.52. The summed E-state index contributed by atoms with van der Waals surface area (Å²) in [7, 11) is 0. The zero-order chi connectivity index (χ0) is 21.7. The van der Waals surface area contributed by atoms with Crippen LogP contribution in [0.1, 0.15) is 24.9 Å². The van der Waals surface area contributed by atoms with E-state index in [4.69, 9.17) is 9.47 Å². The molecule has 0 fully saturated rings. The van der Waals surface area contributed by atoms with Crippen molar-refractivity contribution in [1.29, 1.82) is 0 Å². The Morgan fingerprint density at radius 2 is 2.00 bits per heavy atom. The lowest BCUT2D eigenvalue weighted by atomic mass is 10.1. The van der Waals surface area contributed by atoms with Crippen molar-refractivity contribution in [1.82, 2.24) is 5.32 Å². The van der Waals surface area contributed by atoms with Crippen molar-refractivity contribution in [2.75, 3.05) is 24.7 Å². The maximum Gasteiger partial charge on any atom is 0.308 e. The summed E-state index contributed by atoms with van der Waals surface area (Å²) < 4.78 is 37.0. The van der Waals surface area contributed by atoms with E-state index in [2.05, 4.69) is 5.32 Å². The lowest BCUT2D eigenvalue weighted by Gasteiger charge is -2.28. The first kappa shape index (κ1) is 21.2. The van der Waals surface area contributed by atoms with Crippen LogP contribution in [-0.2, 0) is 19.1 Å². The molecule has 0 saturated carbocycles. The van der Waals surface area contributed by atoms with Gasteiger partial charge in [0.1, 0.15) is 17.4 Å². The van der Waals surface area contributed by atoms with Gasteiger partial charge in [-0.15, -0.1) is 0 Å². The molecular formula is C21H20F2N2O5. The van der Waals surface area contributed by atoms with Gasteiger partial charge in [0.2, 0.25) is 0 Å². The van der Waals surface area contributed by atoms with Gasteiger partial charge in [-0.05, 0) is 25.1 Å². The number of rotatable bonds is 7. The van der Waals surface area contributed by atoms with E-state index < -0.39 is 36.2 Å². The monoisotopic (exact) mass is 418 g/mol. The number of hydrogen-bond donors (Lipinski definition) is 1. The number of para-hydroxylation sites is 2. The Labute approximate surface area is 171 Å². The zero-order valence-electron chi connectivity index (χ0n) is 16.2. The minimum absolute atomic E-state index is 0.0802. The number of fused-ring (bicyclic) bond motifs is 1. The topological polar surface area (TPSA) is 84.9 Å². The Hall–Kier alpha value is -3.49. The van der Waals surface area contributed by atoms with Crippen LogP contribution in [-0.4, -0.2) is 37.5 Å². The second kappa shape index (κ2) is 9.34. The number of nitrogens with one attached hydrogen (secondary N) is 1. The molecular weight excluding hydrogens is 398 g/mol. The van der Waals surface area contributed by atoms with Crippen LogP contribution in [0.4, 0.5) is 14.5 Å². The molecule has 0 saturated heterocycles. The molecule has 30 heavy (non-hydrogen) atoms. The number of ether oxygens (including phenoxy) is 2. The Morgan fingerprint density at radius 3 is 2.77 bits per heavy atom. The van der Waals surface area contributed by atoms with Gasteiger partial charge in [0, 0.05) is 18.2 Å². The predicted octanol–water partition coefficient (Wildman–Crippen LogP) is 2.50. The summed E-state index contributed by atoms with van der Waals surface area (Å²) >= 11 is 0. The van der Waals surface area contributed by atoms with Crippen LogP contribution in [0.15, 0.2) is 42.5 Å². The quantitative estimate of drug-likeness (QED) is 0.699. The van der Waals surface area contributed by atoms with Gasteiger partial charge in [0.15, 0.2) is 13.2 Å². The molecule has 0 bridgehead atoms. The maximum absolute atomic E-state index is 13.8. The maximum atomic E-state index is 13.8. The number of carbonyl (C=O) groups excluding carboxylic acids is 3. The van der Waals surface area contributed by atoms with Crippen LogP contribution in [0.3, 0.4) is 0 Å². The Bertz CT molecular complexity index is 966. The molecule has 0 spiro atoms. The van der Waals surface area contributed by atoms with E-state index in [0.29, 0.717) is 11.4 Å². The van der Waals surface area contributed by atoms with Crippen molar-refractivity contribution in [2.45, 2.75) is 19.4 Å². The molecule has 0 aromatic heterocycles. The molecule has 1 aliphatic rings. The first-order valence-corrected chi connectivity index (χ1v) is 9.27. The minimum Gasteiger partial charge on any atom is -0.482 e. The Balaban J connectivity index is 1.47. The van der Waals surface area contributed by atoms with Crippen molar-refractivity contribution in [3.63, 3.8) is 0 Å². The summed E-state index contributed by atoms with van der Waals surface area (Å²) in [6, 6.07) is 9.27. The lowest BCUT2D eigenvalue weighted by molar-refractivity contribution is -0.148. The van der Waals surface area contributed by atoms with Crippen molar-refractivity contribution in [2.24, 2.45) is 0 Å². The largest absolute Gasteiger partial charge is 0.482 e. The van der Waals surface area contributed by atoms with Crippen molar-refractivity contribution in [3.05, 3.63) is 59.7 Å². The molecule has 3 rings (SSSR count). The summed E-state index contributed by atoms with van der Waals surface area (Å²) in [6.45, 7) is 0.931. The third-order valence-electron chi connectivity index (χ3n) is 4.52. The molecule has 0 aliphatic carbocycles. The fraction of sp³-hybridized carbons (Fsp3) is 0.286. The molecule has 7 nitrogen and oxygen atoms in total. The molecule has 0 unspecified atom stereocenters. The van der Waals surface area contributed by atoms with Crippen LogP contribution >= 0.6 is 0 Å². The smallest absolute Gasteiger partial charge is 0.308 e. The summed E-state index contributed by atoms with van der Waals surface area (Å²) in [6.07, 6.45) is -0.116. The van der Waals surface area contributed by atoms with Gasteiger partial charge in [-0.2, -0.15) is 0 Å². The van der Waals surface area contributed by atoms with Crippen LogP contribution in [0.5, 0.6) is 5.75 Å². The highest BCUT2D eigenvalue weighted by Gasteiger charge is 2.25. The van der Waals surface area contributed by atoms with E-state index >= 15 is 0 Å². The van der Waals surface area contributed by atoms with Crippen molar-refractivity contribution >= 4 is 23.5 Å². The Kier molecular flexibility index (Phi) is 6.61. The SMILES string of the molecule is C[C@@H](NC(=O)COC(=O)CCN1C(=O)COc2ccccc21)c1ccc(F)cc1F. The normalized spacial score (nSPS) is 13.8. The van der Waals surface area contributed by atoms with Gasteiger partial charge in [-0.3, -0.25) is 14.4 Å². The average Bonchev–Trinajstić information content (AvgIpc) is 2.71. The highest BCUT2D eigenvalue weighted by Crippen LogP contribution is 2.31. The van der Waals surface area contributed by atoms with Crippen LogP contribution in [0.25, 0.3) is 0 Å². The number of hydrogen-bond acceptors (Lipinski definition) is 5. The van der Waals surface area contributed by atoms with Crippen LogP contribution in [0.2, 0.25) is 0 Å². The zero-order valence-corrected chi connectivity index (χ0v) is 16.2. The van der Waals surface area contributed by atoms with E-state index in [-0.39, 0.29) is 31.0 Å². The summed E-state index contributed by atoms with van der Waals surface area (Å²) in [5.74, 6) is -2.53. The third kappa shape index (κ3) is 5.11.